The molecule has 2 nitrogen and oxygen atoms in total. The minimum atomic E-state index is -0.765. The second-order valence-corrected chi connectivity index (χ2v) is 5.59. The molecule has 2 aromatic carbocycles. The Bertz CT molecular complexity index is 569. The van der Waals surface area contributed by atoms with E-state index < -0.39 is 7.12 Å². The zero-order chi connectivity index (χ0) is 14.5. The van der Waals surface area contributed by atoms with Crippen molar-refractivity contribution in [1.82, 2.24) is 0 Å². The van der Waals surface area contributed by atoms with Crippen molar-refractivity contribution in [3.63, 3.8) is 0 Å². The van der Waals surface area contributed by atoms with Crippen LogP contribution in [0.5, 0.6) is 0 Å². The lowest BCUT2D eigenvalue weighted by molar-refractivity contribution is 0.275. The third-order valence-electron chi connectivity index (χ3n) is 3.04. The van der Waals surface area contributed by atoms with Crippen molar-refractivity contribution in [2.75, 3.05) is 0 Å². The summed E-state index contributed by atoms with van der Waals surface area (Å²) in [7, 11) is -0.765. The first-order chi connectivity index (χ1) is 9.72. The highest BCUT2D eigenvalue weighted by Gasteiger charge is 2.27. The Kier molecular flexibility index (Phi) is 5.29. The van der Waals surface area contributed by atoms with E-state index in [4.69, 9.17) is 4.65 Å². The molecule has 0 unspecified atom stereocenters. The molecule has 1 N–H and O–H groups in total. The summed E-state index contributed by atoms with van der Waals surface area (Å²) in [6.07, 6.45) is 0. The van der Waals surface area contributed by atoms with E-state index in [0.29, 0.717) is 6.61 Å². The number of rotatable bonds is 2. The quantitative estimate of drug-likeness (QED) is 0.858. The molecular weight excluding hydrogens is 267 g/mol. The van der Waals surface area contributed by atoms with Crippen LogP contribution in [0.1, 0.15) is 25.0 Å². The van der Waals surface area contributed by atoms with Crippen molar-refractivity contribution < 1.29 is 9.68 Å². The molecule has 3 rings (SSSR count). The molecule has 0 amide bonds. The molecule has 0 aliphatic carbocycles. The van der Waals surface area contributed by atoms with Gasteiger partial charge in [-0.15, -0.1) is 0 Å². The van der Waals surface area contributed by atoms with E-state index in [1.165, 1.54) is 10.5 Å². The summed E-state index contributed by atoms with van der Waals surface area (Å²) in [6, 6.07) is 14.5. The van der Waals surface area contributed by atoms with Gasteiger partial charge in [0.25, 0.3) is 0 Å². The maximum atomic E-state index is 9.68. The first kappa shape index (κ1) is 15.2. The summed E-state index contributed by atoms with van der Waals surface area (Å²) in [6.45, 7) is 6.59. The zero-order valence-electron chi connectivity index (χ0n) is 12.1. The lowest BCUT2D eigenvalue weighted by atomic mass is 9.80. The van der Waals surface area contributed by atoms with Gasteiger partial charge in [0.05, 0.1) is 6.61 Å². The maximum Gasteiger partial charge on any atom is 0.491 e. The van der Waals surface area contributed by atoms with E-state index in [1.807, 2.05) is 26.0 Å². The SMILES string of the molecule is CC.Cc1ccc(Sc2ccc3c(c2)B(O)OC3)cc1. The van der Waals surface area contributed by atoms with Crippen LogP contribution in [0.25, 0.3) is 0 Å². The van der Waals surface area contributed by atoms with E-state index in [2.05, 4.69) is 37.3 Å². The predicted octanol–water partition coefficient (Wildman–Crippen LogP) is 3.39. The molecule has 4 heteroatoms. The van der Waals surface area contributed by atoms with Gasteiger partial charge in [-0.25, -0.2) is 0 Å². The van der Waals surface area contributed by atoms with Gasteiger partial charge >= 0.3 is 7.12 Å². The van der Waals surface area contributed by atoms with Crippen molar-refractivity contribution >= 4 is 24.3 Å². The Morgan fingerprint density at radius 3 is 2.40 bits per heavy atom. The predicted molar refractivity (Wildman–Crippen MR) is 85.5 cm³/mol. The largest absolute Gasteiger partial charge is 0.491 e. The van der Waals surface area contributed by atoms with Crippen LogP contribution in [0.4, 0.5) is 0 Å². The first-order valence-corrected chi connectivity index (χ1v) is 7.71. The lowest BCUT2D eigenvalue weighted by Crippen LogP contribution is -2.27. The van der Waals surface area contributed by atoms with Gasteiger partial charge in [0.2, 0.25) is 0 Å². The summed E-state index contributed by atoms with van der Waals surface area (Å²) >= 11 is 1.70. The normalized spacial score (nSPS) is 12.7. The van der Waals surface area contributed by atoms with Gasteiger partial charge in [-0.2, -0.15) is 0 Å². The van der Waals surface area contributed by atoms with Crippen LogP contribution in [-0.2, 0) is 11.3 Å². The van der Waals surface area contributed by atoms with E-state index in [1.54, 1.807) is 11.8 Å². The van der Waals surface area contributed by atoms with Crippen LogP contribution < -0.4 is 5.46 Å². The third-order valence-corrected chi connectivity index (χ3v) is 4.03. The second kappa shape index (κ2) is 6.98. The Hall–Kier alpha value is -1.23. The molecule has 1 aliphatic rings. The molecule has 0 saturated heterocycles. The van der Waals surface area contributed by atoms with Crippen molar-refractivity contribution in [2.24, 2.45) is 0 Å². The maximum absolute atomic E-state index is 9.68. The van der Waals surface area contributed by atoms with Crippen molar-refractivity contribution in [3.05, 3.63) is 53.6 Å². The molecule has 0 bridgehead atoms. The van der Waals surface area contributed by atoms with Gasteiger partial charge in [-0.1, -0.05) is 49.4 Å². The van der Waals surface area contributed by atoms with Gasteiger partial charge < -0.3 is 9.68 Å². The van der Waals surface area contributed by atoms with Crippen LogP contribution >= 0.6 is 11.8 Å². The van der Waals surface area contributed by atoms with Crippen LogP contribution in [-0.4, -0.2) is 12.1 Å². The zero-order valence-corrected chi connectivity index (χ0v) is 12.9. The fourth-order valence-corrected chi connectivity index (χ4v) is 2.87. The number of fused-ring (bicyclic) bond motifs is 1. The van der Waals surface area contributed by atoms with Gasteiger partial charge in [0.15, 0.2) is 0 Å². The molecule has 0 fully saturated rings. The molecule has 1 heterocycles. The Balaban J connectivity index is 0.000000704. The number of aryl methyl sites for hydroxylation is 1. The van der Waals surface area contributed by atoms with E-state index in [-0.39, 0.29) is 0 Å². The van der Waals surface area contributed by atoms with Gasteiger partial charge in [-0.3, -0.25) is 0 Å². The van der Waals surface area contributed by atoms with Crippen molar-refractivity contribution in [2.45, 2.75) is 37.2 Å². The average Bonchev–Trinajstić information content (AvgIpc) is 2.85. The van der Waals surface area contributed by atoms with Crippen molar-refractivity contribution in [1.29, 1.82) is 0 Å². The van der Waals surface area contributed by atoms with E-state index in [9.17, 15) is 5.02 Å². The van der Waals surface area contributed by atoms with Crippen LogP contribution in [0.2, 0.25) is 0 Å². The van der Waals surface area contributed by atoms with Crippen molar-refractivity contribution in [3.8, 4) is 0 Å². The Labute approximate surface area is 125 Å². The molecule has 0 aromatic heterocycles. The molecule has 0 saturated carbocycles. The third kappa shape index (κ3) is 3.45. The summed E-state index contributed by atoms with van der Waals surface area (Å²) < 4.78 is 5.19. The highest BCUT2D eigenvalue weighted by atomic mass is 32.2. The van der Waals surface area contributed by atoms with E-state index in [0.717, 1.165) is 15.9 Å². The van der Waals surface area contributed by atoms with Gasteiger partial charge in [0.1, 0.15) is 0 Å². The second-order valence-electron chi connectivity index (χ2n) is 4.44. The molecule has 1 aliphatic heterocycles. The topological polar surface area (TPSA) is 29.5 Å². The molecular formula is C16H19BO2S. The molecule has 0 radical (unpaired) electrons. The summed E-state index contributed by atoms with van der Waals surface area (Å²) in [5.41, 5.74) is 3.24. The molecule has 104 valence electrons. The molecule has 0 spiro atoms. The van der Waals surface area contributed by atoms with E-state index >= 15 is 0 Å². The van der Waals surface area contributed by atoms with Gasteiger partial charge in [-0.05, 0) is 42.2 Å². The monoisotopic (exact) mass is 286 g/mol. The average molecular weight is 286 g/mol. The molecule has 2 aromatic rings. The first-order valence-electron chi connectivity index (χ1n) is 6.89. The Morgan fingerprint density at radius 1 is 1.05 bits per heavy atom. The number of benzene rings is 2. The fraction of sp³-hybridized carbons (Fsp3) is 0.250. The minimum Gasteiger partial charge on any atom is -0.423 e. The summed E-state index contributed by atoms with van der Waals surface area (Å²) in [5.74, 6) is 0. The summed E-state index contributed by atoms with van der Waals surface area (Å²) in [4.78, 5) is 2.33. The molecule has 0 atom stereocenters. The highest BCUT2D eigenvalue weighted by molar-refractivity contribution is 7.99. The Morgan fingerprint density at radius 2 is 1.70 bits per heavy atom. The van der Waals surface area contributed by atoms with Crippen LogP contribution in [0.3, 0.4) is 0 Å². The van der Waals surface area contributed by atoms with Gasteiger partial charge in [0, 0.05) is 9.79 Å². The highest BCUT2D eigenvalue weighted by Crippen LogP contribution is 2.28. The molecule has 20 heavy (non-hydrogen) atoms. The van der Waals surface area contributed by atoms with Crippen LogP contribution in [0.15, 0.2) is 52.3 Å². The number of hydrogen-bond donors (Lipinski definition) is 1. The fourth-order valence-electron chi connectivity index (χ4n) is 2.00. The smallest absolute Gasteiger partial charge is 0.423 e. The minimum absolute atomic E-state index is 0.506. The van der Waals surface area contributed by atoms with Crippen LogP contribution in [0, 0.1) is 6.92 Å². The number of hydrogen-bond acceptors (Lipinski definition) is 3. The standard InChI is InChI=1S/C14H13BO2S.C2H6/c1-10-2-5-12(6-3-10)18-13-7-4-11-9-17-15(16)14(11)8-13;1-2/h2-8,16H,9H2,1H3;1-2H3. The summed E-state index contributed by atoms with van der Waals surface area (Å²) in [5, 5.41) is 9.68. The lowest BCUT2D eigenvalue weighted by Gasteiger charge is -2.05.